The number of nitrogens with one attached hydrogen (secondary N) is 1. The standard InChI is InChI=1S/C89H156N2O4/c1-8-12-16-20-24-28-30-32-34-36-38-40-42-46-54-62-72-84(94-86(92)76-66-67-79-90-5)73-64-56-48-52-60-70-82(68-58-50-44-26-22-18-14-10-3)83(69-59-51-45-27-23-19-15-11-4)71-61-53-49-57-65-75-85(95-87(93)77-78-88-80-89(88,81-88)91(6)7)74-63-55-47-43-41-39-37-35-33-31-29-25-21-17-13-9-2/h24-29,32-35,38,40,44-45,58-59,68-69,77-78,82-86,90,92H,8-23,30-31,36-37,39,41-43,46-57,60-67,70-76,79-81H2,1-7H3/b28-24-,29-25-,34-32-,35-33-,40-38-,44-26-,45-27-,68-58-,69-59-,78-77+/t82?,83?,84?,85?,86-,88?,89?/m1/s1. The molecule has 0 aromatic heterocycles. The summed E-state index contributed by atoms with van der Waals surface area (Å²) in [5.74, 6) is 0.970. The summed E-state index contributed by atoms with van der Waals surface area (Å²) in [6, 6.07) is 0. The first kappa shape index (κ1) is 87.8. The van der Waals surface area contributed by atoms with Crippen LogP contribution in [0.4, 0.5) is 0 Å². The first-order valence-corrected chi connectivity index (χ1v) is 41.1. The fourth-order valence-electron chi connectivity index (χ4n) is 13.9. The monoisotopic (exact) mass is 1320 g/mol. The summed E-state index contributed by atoms with van der Waals surface area (Å²) < 4.78 is 12.7. The molecule has 6 nitrogen and oxygen atoms in total. The Balaban J connectivity index is 2.00. The second-order valence-electron chi connectivity index (χ2n) is 29.3. The molecule has 0 spiro atoms. The molecule has 6 heteroatoms. The Morgan fingerprint density at radius 1 is 0.400 bits per heavy atom. The predicted octanol–water partition coefficient (Wildman–Crippen LogP) is 26.7. The molecule has 2 aliphatic carbocycles. The van der Waals surface area contributed by atoms with Gasteiger partial charge < -0.3 is 24.8 Å². The van der Waals surface area contributed by atoms with Gasteiger partial charge in [0, 0.05) is 17.0 Å². The van der Waals surface area contributed by atoms with E-state index in [4.69, 9.17) is 9.47 Å². The van der Waals surface area contributed by atoms with Crippen LogP contribution >= 0.6 is 0 Å². The molecule has 0 heterocycles. The maximum atomic E-state index is 13.4. The van der Waals surface area contributed by atoms with Crippen LogP contribution in [0, 0.1) is 17.3 Å². The number of allylic oxidation sites excluding steroid dienone is 18. The SMILES string of the molecule is CCCCC/C=C\C/C=C\C/C=C\CCCCCC(CCCCCCCC(/C=C\C/C=C\CCCCC)C(/C=C\C/C=C\CCCCC)CCCCCCCC(CCCCCCCC/C=C\C/C=C\CCCCC)OC(=O)/C=C/C12CC1(N(C)C)C2)O[C@@H](O)CCCCNC. The van der Waals surface area contributed by atoms with E-state index in [9.17, 15) is 9.90 Å². The number of aliphatic hydroxyl groups excluding tert-OH is 1. The summed E-state index contributed by atoms with van der Waals surface area (Å²) >= 11 is 0. The van der Waals surface area contributed by atoms with Crippen LogP contribution < -0.4 is 5.32 Å². The number of aliphatic hydroxyl groups is 1. The number of ether oxygens (including phenoxy) is 2. The summed E-state index contributed by atoms with van der Waals surface area (Å²) in [7, 11) is 6.36. The molecule has 95 heavy (non-hydrogen) atoms. The van der Waals surface area contributed by atoms with Gasteiger partial charge in [-0.05, 0) is 232 Å². The van der Waals surface area contributed by atoms with Crippen LogP contribution in [0.5, 0.6) is 0 Å². The molecule has 2 aliphatic rings. The van der Waals surface area contributed by atoms with Gasteiger partial charge in [-0.15, -0.1) is 0 Å². The number of carbonyl (C=O) groups is 1. The highest BCUT2D eigenvalue weighted by atomic mass is 16.6. The fourth-order valence-corrected chi connectivity index (χ4v) is 13.9. The summed E-state index contributed by atoms with van der Waals surface area (Å²) in [5, 5.41) is 14.2. The van der Waals surface area contributed by atoms with Gasteiger partial charge in [-0.2, -0.15) is 0 Å². The minimum atomic E-state index is -0.659. The molecule has 5 atom stereocenters. The minimum Gasteiger partial charge on any atom is -0.459 e. The van der Waals surface area contributed by atoms with Crippen molar-refractivity contribution in [3.8, 4) is 0 Å². The lowest BCUT2D eigenvalue weighted by Gasteiger charge is -2.23. The maximum Gasteiger partial charge on any atom is 0.330 e. The van der Waals surface area contributed by atoms with Crippen molar-refractivity contribution in [1.29, 1.82) is 0 Å². The summed E-state index contributed by atoms with van der Waals surface area (Å²) in [4.78, 5) is 15.7. The third-order valence-corrected chi connectivity index (χ3v) is 20.5. The lowest BCUT2D eigenvalue weighted by Crippen LogP contribution is -2.22. The Morgan fingerprint density at radius 2 is 0.716 bits per heavy atom. The zero-order valence-corrected chi connectivity index (χ0v) is 63.7. The number of hydrogen-bond acceptors (Lipinski definition) is 6. The van der Waals surface area contributed by atoms with Gasteiger partial charge in [-0.25, -0.2) is 4.79 Å². The van der Waals surface area contributed by atoms with E-state index in [-0.39, 0.29) is 23.6 Å². The first-order valence-electron chi connectivity index (χ1n) is 41.1. The number of carbonyl (C=O) groups excluding carboxylic acids is 1. The molecular formula is C89H156N2O4. The molecule has 2 N–H and O–H groups in total. The van der Waals surface area contributed by atoms with Crippen molar-refractivity contribution in [2.24, 2.45) is 17.3 Å². The molecular weight excluding hydrogens is 1160 g/mol. The number of fused-ring (bicyclic) bond motifs is 1. The van der Waals surface area contributed by atoms with Crippen LogP contribution in [0.2, 0.25) is 0 Å². The summed E-state index contributed by atoms with van der Waals surface area (Å²) in [5.41, 5.74) is 0.518. The van der Waals surface area contributed by atoms with Crippen molar-refractivity contribution in [2.75, 3.05) is 27.7 Å². The Hall–Kier alpha value is -3.29. The van der Waals surface area contributed by atoms with Crippen molar-refractivity contribution in [1.82, 2.24) is 10.2 Å². The average Bonchev–Trinajstić information content (AvgIpc) is 1.46. The van der Waals surface area contributed by atoms with Crippen LogP contribution in [-0.4, -0.2) is 67.7 Å². The molecule has 0 aromatic rings. The van der Waals surface area contributed by atoms with Crippen LogP contribution in [0.1, 0.15) is 368 Å². The van der Waals surface area contributed by atoms with Gasteiger partial charge in [-0.1, -0.05) is 291 Å². The minimum absolute atomic E-state index is 0.0172. The van der Waals surface area contributed by atoms with Gasteiger partial charge in [0.15, 0.2) is 6.29 Å². The Morgan fingerprint density at radius 3 is 1.08 bits per heavy atom. The van der Waals surface area contributed by atoms with E-state index in [0.29, 0.717) is 17.4 Å². The molecule has 546 valence electrons. The largest absolute Gasteiger partial charge is 0.459 e. The van der Waals surface area contributed by atoms with E-state index in [1.807, 2.05) is 7.05 Å². The van der Waals surface area contributed by atoms with Crippen LogP contribution in [-0.2, 0) is 14.3 Å². The van der Waals surface area contributed by atoms with Crippen LogP contribution in [0.25, 0.3) is 0 Å². The second kappa shape index (κ2) is 64.1. The first-order chi connectivity index (χ1) is 46.7. The lowest BCUT2D eigenvalue weighted by molar-refractivity contribution is -0.144. The normalized spacial score (nSPS) is 18.4. The van der Waals surface area contributed by atoms with E-state index < -0.39 is 6.29 Å². The molecule has 2 rings (SSSR count). The van der Waals surface area contributed by atoms with Gasteiger partial charge >= 0.3 is 5.97 Å². The second-order valence-corrected chi connectivity index (χ2v) is 29.3. The Labute approximate surface area is 590 Å². The molecule has 0 radical (unpaired) electrons. The highest BCUT2D eigenvalue weighted by Crippen LogP contribution is 2.81. The summed E-state index contributed by atoms with van der Waals surface area (Å²) in [6.45, 7) is 10.1. The molecule has 2 fully saturated rings. The van der Waals surface area contributed by atoms with Crippen molar-refractivity contribution < 1.29 is 19.4 Å². The summed E-state index contributed by atoms with van der Waals surface area (Å²) in [6.07, 6.45) is 110. The number of nitrogens with zero attached hydrogens (tertiary/aromatic N) is 1. The zero-order chi connectivity index (χ0) is 68.5. The van der Waals surface area contributed by atoms with Gasteiger partial charge in [-0.3, -0.25) is 0 Å². The molecule has 0 saturated heterocycles. The van der Waals surface area contributed by atoms with E-state index >= 15 is 0 Å². The molecule has 4 unspecified atom stereocenters. The Kier molecular flexibility index (Phi) is 59.2. The third-order valence-electron chi connectivity index (χ3n) is 20.5. The third kappa shape index (κ3) is 49.8. The van der Waals surface area contributed by atoms with E-state index in [1.165, 1.54) is 238 Å². The smallest absolute Gasteiger partial charge is 0.330 e. The molecule has 0 aromatic carbocycles. The topological polar surface area (TPSA) is 71.0 Å². The van der Waals surface area contributed by atoms with E-state index in [0.717, 1.165) is 109 Å². The average molecular weight is 1320 g/mol. The van der Waals surface area contributed by atoms with Gasteiger partial charge in [0.2, 0.25) is 0 Å². The maximum absolute atomic E-state index is 13.4. The highest BCUT2D eigenvalue weighted by molar-refractivity contribution is 5.82. The van der Waals surface area contributed by atoms with Gasteiger partial charge in [0.25, 0.3) is 0 Å². The van der Waals surface area contributed by atoms with Crippen LogP contribution in [0.15, 0.2) is 122 Å². The number of esters is 1. The number of hydrogen-bond donors (Lipinski definition) is 2. The highest BCUT2D eigenvalue weighted by Gasteiger charge is 2.83. The number of unbranched alkanes of at least 4 members (excludes halogenated alkanes) is 30. The van der Waals surface area contributed by atoms with Crippen molar-refractivity contribution in [2.45, 2.75) is 392 Å². The fraction of sp³-hybridized carbons (Fsp3) is 0.764. The molecule has 0 bridgehead atoms. The molecule has 2 saturated carbocycles. The van der Waals surface area contributed by atoms with Gasteiger partial charge in [0.1, 0.15) is 6.10 Å². The zero-order valence-electron chi connectivity index (χ0n) is 63.7. The van der Waals surface area contributed by atoms with Crippen molar-refractivity contribution in [3.63, 3.8) is 0 Å². The van der Waals surface area contributed by atoms with Gasteiger partial charge in [0.05, 0.1) is 6.10 Å². The van der Waals surface area contributed by atoms with E-state index in [2.05, 4.69) is 167 Å². The number of rotatable bonds is 71. The predicted molar refractivity (Wildman–Crippen MR) is 419 cm³/mol. The van der Waals surface area contributed by atoms with E-state index in [1.54, 1.807) is 6.08 Å². The van der Waals surface area contributed by atoms with Crippen molar-refractivity contribution >= 4 is 5.97 Å². The Bertz CT molecular complexity index is 2030. The molecule has 0 amide bonds. The quantitative estimate of drug-likeness (QED) is 0.0208. The lowest BCUT2D eigenvalue weighted by atomic mass is 9.83. The molecule has 0 aliphatic heterocycles. The van der Waals surface area contributed by atoms with Crippen molar-refractivity contribution in [3.05, 3.63) is 122 Å². The van der Waals surface area contributed by atoms with Crippen LogP contribution in [0.3, 0.4) is 0 Å².